The summed E-state index contributed by atoms with van der Waals surface area (Å²) in [6.45, 7) is 2.04. The molecule has 11 heteroatoms. The van der Waals surface area contributed by atoms with E-state index in [1.807, 2.05) is 25.1 Å². The van der Waals surface area contributed by atoms with Gasteiger partial charge < -0.3 is 19.7 Å². The number of aliphatic hydroxyl groups excluding tert-OH is 1. The summed E-state index contributed by atoms with van der Waals surface area (Å²) in [6, 6.07) is 12.1. The zero-order valence-electron chi connectivity index (χ0n) is 21.0. The Labute approximate surface area is 237 Å². The first-order chi connectivity index (χ1) is 18.7. The van der Waals surface area contributed by atoms with Crippen LogP contribution in [0.1, 0.15) is 29.7 Å². The topological polar surface area (TPSA) is 109 Å². The first kappa shape index (κ1) is 26.8. The van der Waals surface area contributed by atoms with Crippen molar-refractivity contribution in [2.75, 3.05) is 19.1 Å². The summed E-state index contributed by atoms with van der Waals surface area (Å²) in [5, 5.41) is 21.8. The van der Waals surface area contributed by atoms with Crippen LogP contribution in [0.3, 0.4) is 0 Å². The first-order valence-corrected chi connectivity index (χ1v) is 13.4. The molecule has 0 aliphatic carbocycles. The highest BCUT2D eigenvalue weighted by Crippen LogP contribution is 2.49. The van der Waals surface area contributed by atoms with Gasteiger partial charge in [0.2, 0.25) is 0 Å². The number of Topliss-reactive ketones (excluding diaryl/α,β-unsaturated/α-hetero) is 1. The molecular weight excluding hydrogens is 563 g/mol. The van der Waals surface area contributed by atoms with Crippen molar-refractivity contribution in [2.45, 2.75) is 19.4 Å². The molecule has 1 aromatic heterocycles. The highest BCUT2D eigenvalue weighted by atomic mass is 35.5. The van der Waals surface area contributed by atoms with Crippen molar-refractivity contribution in [1.82, 2.24) is 4.98 Å². The molecule has 1 saturated heterocycles. The van der Waals surface area contributed by atoms with E-state index in [1.165, 1.54) is 48.7 Å². The maximum Gasteiger partial charge on any atom is 0.301 e. The molecule has 0 saturated carbocycles. The van der Waals surface area contributed by atoms with Crippen molar-refractivity contribution in [1.29, 1.82) is 0 Å². The zero-order valence-corrected chi connectivity index (χ0v) is 23.3. The summed E-state index contributed by atoms with van der Waals surface area (Å²) >= 11 is 14.0. The molecule has 3 aromatic carbocycles. The number of aromatic nitrogens is 1. The molecule has 1 fully saturated rings. The number of anilines is 1. The largest absolute Gasteiger partial charge is 0.508 e. The SMILES string of the molecule is CCc1ccc2nc(N3C(=O)C(=O)/C(=C(/O)c4cc(Cl)c(OC)c(Cl)c4OC)C3c3ccc(O)cc3)sc2c1. The van der Waals surface area contributed by atoms with Gasteiger partial charge in [0.1, 0.15) is 16.5 Å². The van der Waals surface area contributed by atoms with E-state index in [9.17, 15) is 19.8 Å². The highest BCUT2D eigenvalue weighted by Gasteiger charge is 2.48. The van der Waals surface area contributed by atoms with Crippen LogP contribution >= 0.6 is 34.5 Å². The number of ketones is 1. The van der Waals surface area contributed by atoms with Crippen LogP contribution in [-0.4, -0.2) is 41.1 Å². The Morgan fingerprint density at radius 3 is 2.38 bits per heavy atom. The van der Waals surface area contributed by atoms with E-state index in [0.29, 0.717) is 11.1 Å². The van der Waals surface area contributed by atoms with Gasteiger partial charge in [0.15, 0.2) is 16.6 Å². The van der Waals surface area contributed by atoms with Crippen LogP contribution in [0.2, 0.25) is 10.0 Å². The number of aliphatic hydroxyl groups is 1. The number of amides is 1. The first-order valence-electron chi connectivity index (χ1n) is 11.8. The van der Waals surface area contributed by atoms with Crippen molar-refractivity contribution >= 4 is 67.3 Å². The number of carbonyl (C=O) groups is 2. The van der Waals surface area contributed by atoms with Gasteiger partial charge in [0.25, 0.3) is 5.78 Å². The number of ether oxygens (including phenoxy) is 2. The molecule has 2 N–H and O–H groups in total. The fraction of sp³-hybridized carbons (Fsp3) is 0.179. The third-order valence-electron chi connectivity index (χ3n) is 6.50. The highest BCUT2D eigenvalue weighted by molar-refractivity contribution is 7.22. The number of halogens is 2. The van der Waals surface area contributed by atoms with Gasteiger partial charge in [-0.05, 0) is 47.9 Å². The van der Waals surface area contributed by atoms with Crippen LogP contribution < -0.4 is 14.4 Å². The lowest BCUT2D eigenvalue weighted by Gasteiger charge is -2.23. The van der Waals surface area contributed by atoms with E-state index in [1.54, 1.807) is 12.1 Å². The van der Waals surface area contributed by atoms with Gasteiger partial charge >= 0.3 is 5.91 Å². The Balaban J connectivity index is 1.76. The maximum absolute atomic E-state index is 13.5. The minimum absolute atomic E-state index is 0.00169. The Morgan fingerprint density at radius 2 is 1.74 bits per heavy atom. The number of nitrogens with zero attached hydrogens (tertiary/aromatic N) is 2. The van der Waals surface area contributed by atoms with Crippen molar-refractivity contribution in [3.05, 3.63) is 80.8 Å². The van der Waals surface area contributed by atoms with E-state index in [0.717, 1.165) is 16.7 Å². The molecule has 1 amide bonds. The fourth-order valence-corrected chi connectivity index (χ4v) is 6.32. The third-order valence-corrected chi connectivity index (χ3v) is 8.15. The molecule has 5 rings (SSSR count). The van der Waals surface area contributed by atoms with Gasteiger partial charge in [-0.1, -0.05) is 59.7 Å². The van der Waals surface area contributed by atoms with Gasteiger partial charge in [-0.25, -0.2) is 4.98 Å². The van der Waals surface area contributed by atoms with E-state index in [-0.39, 0.29) is 43.6 Å². The number of phenolic OH excluding ortho intramolecular Hbond substituents is 1. The molecule has 0 bridgehead atoms. The molecule has 1 aliphatic rings. The number of carbonyl (C=O) groups excluding carboxylic acids is 2. The summed E-state index contributed by atoms with van der Waals surface area (Å²) in [7, 11) is 2.72. The van der Waals surface area contributed by atoms with Crippen molar-refractivity contribution in [3.63, 3.8) is 0 Å². The molecule has 8 nitrogen and oxygen atoms in total. The molecule has 2 heterocycles. The molecule has 0 radical (unpaired) electrons. The Bertz CT molecular complexity index is 1670. The van der Waals surface area contributed by atoms with Crippen LogP contribution in [0.15, 0.2) is 54.1 Å². The molecule has 1 aliphatic heterocycles. The number of phenols is 1. The van der Waals surface area contributed by atoms with Crippen LogP contribution in [-0.2, 0) is 16.0 Å². The standard InChI is InChI=1S/C28H22Cl2N2O6S/c1-4-13-5-10-18-19(11-13)39-28(31-18)32-22(14-6-8-15(33)9-7-14)20(24(35)27(32)36)23(34)16-12-17(29)26(38-3)21(30)25(16)37-2/h5-12,22,33-34H,4H2,1-3H3/b23-20+. The van der Waals surface area contributed by atoms with Gasteiger partial charge in [-0.3, -0.25) is 14.5 Å². The molecule has 200 valence electrons. The average Bonchev–Trinajstić information content (AvgIpc) is 3.46. The number of hydrogen-bond donors (Lipinski definition) is 2. The zero-order chi connectivity index (χ0) is 28.0. The van der Waals surface area contributed by atoms with E-state index >= 15 is 0 Å². The van der Waals surface area contributed by atoms with Crippen molar-refractivity contribution in [3.8, 4) is 17.2 Å². The van der Waals surface area contributed by atoms with E-state index < -0.39 is 23.5 Å². The Hall–Kier alpha value is -3.79. The van der Waals surface area contributed by atoms with E-state index in [4.69, 9.17) is 32.7 Å². The number of hydrogen-bond acceptors (Lipinski definition) is 8. The lowest BCUT2D eigenvalue weighted by Crippen LogP contribution is -2.29. The number of fused-ring (bicyclic) bond motifs is 1. The second kappa shape index (κ2) is 10.4. The number of aromatic hydroxyl groups is 1. The number of thiazole rings is 1. The number of aryl methyl sites for hydroxylation is 1. The molecular formula is C28H22Cl2N2O6S. The lowest BCUT2D eigenvalue weighted by atomic mass is 9.95. The maximum atomic E-state index is 13.5. The summed E-state index contributed by atoms with van der Waals surface area (Å²) < 4.78 is 11.5. The summed E-state index contributed by atoms with van der Waals surface area (Å²) in [4.78, 5) is 33.0. The predicted molar refractivity (Wildman–Crippen MR) is 151 cm³/mol. The van der Waals surface area contributed by atoms with E-state index in [2.05, 4.69) is 4.98 Å². The minimum Gasteiger partial charge on any atom is -0.508 e. The number of benzene rings is 3. The smallest absolute Gasteiger partial charge is 0.301 e. The van der Waals surface area contributed by atoms with Gasteiger partial charge in [0, 0.05) is 0 Å². The second-order valence-electron chi connectivity index (χ2n) is 8.70. The fourth-order valence-electron chi connectivity index (χ4n) is 4.57. The van der Waals surface area contributed by atoms with Crippen molar-refractivity contribution in [2.24, 2.45) is 0 Å². The molecule has 39 heavy (non-hydrogen) atoms. The van der Waals surface area contributed by atoms with Gasteiger partial charge in [-0.15, -0.1) is 0 Å². The Morgan fingerprint density at radius 1 is 1.05 bits per heavy atom. The summed E-state index contributed by atoms with van der Waals surface area (Å²) in [6.07, 6.45) is 0.829. The molecule has 1 unspecified atom stereocenters. The van der Waals surface area contributed by atoms with Crippen molar-refractivity contribution < 1.29 is 29.3 Å². The second-order valence-corrected chi connectivity index (χ2v) is 10.5. The normalized spacial score (nSPS) is 16.7. The van der Waals surface area contributed by atoms with Crippen LogP contribution in [0, 0.1) is 0 Å². The molecule has 4 aromatic rings. The average molecular weight is 585 g/mol. The van der Waals surface area contributed by atoms with Crippen LogP contribution in [0.5, 0.6) is 17.2 Å². The molecule has 1 atom stereocenters. The summed E-state index contributed by atoms with van der Waals surface area (Å²) in [5.74, 6) is -2.19. The number of methoxy groups -OCH3 is 2. The Kier molecular flexibility index (Phi) is 7.15. The third kappa shape index (κ3) is 4.46. The van der Waals surface area contributed by atoms with Crippen LogP contribution in [0.4, 0.5) is 5.13 Å². The summed E-state index contributed by atoms with van der Waals surface area (Å²) in [5.41, 5.74) is 2.04. The predicted octanol–water partition coefficient (Wildman–Crippen LogP) is 6.51. The monoisotopic (exact) mass is 584 g/mol. The van der Waals surface area contributed by atoms with Gasteiger partial charge in [0.05, 0.1) is 46.6 Å². The van der Waals surface area contributed by atoms with Gasteiger partial charge in [-0.2, -0.15) is 0 Å². The molecule has 0 spiro atoms. The van der Waals surface area contributed by atoms with Crippen LogP contribution in [0.25, 0.3) is 16.0 Å². The minimum atomic E-state index is -1.07. The lowest BCUT2D eigenvalue weighted by molar-refractivity contribution is -0.132. The number of rotatable bonds is 6. The quantitative estimate of drug-likeness (QED) is 0.151.